The van der Waals surface area contributed by atoms with E-state index < -0.39 is 12.1 Å². The Morgan fingerprint density at radius 1 is 1.08 bits per heavy atom. The number of nitrogens with one attached hydrogen (secondary N) is 1. The van der Waals surface area contributed by atoms with Crippen molar-refractivity contribution in [3.63, 3.8) is 0 Å². The van der Waals surface area contributed by atoms with E-state index in [1.54, 1.807) is 45.4 Å². The summed E-state index contributed by atoms with van der Waals surface area (Å²) >= 11 is 8.81. The first-order valence-electron chi connectivity index (χ1n) is 12.6. The molecule has 38 heavy (non-hydrogen) atoms. The van der Waals surface area contributed by atoms with Gasteiger partial charge in [-0.15, -0.1) is 22.7 Å². The smallest absolute Gasteiger partial charge is 0.264 e. The summed E-state index contributed by atoms with van der Waals surface area (Å²) in [6, 6.07) is 12.8. The number of halogens is 1. The van der Waals surface area contributed by atoms with Crippen molar-refractivity contribution in [1.82, 2.24) is 15.1 Å². The van der Waals surface area contributed by atoms with Gasteiger partial charge in [-0.2, -0.15) is 0 Å². The molecule has 1 N–H and O–H groups in total. The van der Waals surface area contributed by atoms with Crippen molar-refractivity contribution in [2.75, 3.05) is 13.1 Å². The second-order valence-electron chi connectivity index (χ2n) is 10.0. The van der Waals surface area contributed by atoms with Gasteiger partial charge in [-0.3, -0.25) is 19.2 Å². The maximum absolute atomic E-state index is 13.7. The Hall–Kier alpha value is -3.01. The fourth-order valence-electron chi connectivity index (χ4n) is 5.27. The maximum atomic E-state index is 13.7. The Bertz CT molecular complexity index is 1350. The SMILES string of the molecule is CC(C)CC(NC(=O)c1ccc(-c2cccs2)cc1)C(=O)N1CCC2C1C(=O)CN2C(=O)c1ccc(Cl)s1. The molecular weight excluding hydrogens is 542 g/mol. The van der Waals surface area contributed by atoms with E-state index in [0.717, 1.165) is 10.4 Å². The van der Waals surface area contributed by atoms with Gasteiger partial charge in [-0.1, -0.05) is 43.6 Å². The largest absolute Gasteiger partial charge is 0.340 e. The standard InChI is InChI=1S/C28H28ClN3O4S2/c1-16(2)14-19(30-26(34)18-7-5-17(6-8-18)22-4-3-13-37-22)27(35)31-12-11-20-25(31)21(33)15-32(20)28(36)23-9-10-24(29)38-23/h3-10,13,16,19-20,25H,11-12,14-15H2,1-2H3,(H,30,34). The minimum absolute atomic E-state index is 0.0364. The van der Waals surface area contributed by atoms with Crippen LogP contribution in [-0.4, -0.2) is 64.5 Å². The Kier molecular flexibility index (Phi) is 7.70. The number of hydrogen-bond acceptors (Lipinski definition) is 6. The molecule has 2 saturated heterocycles. The second-order valence-corrected chi connectivity index (χ2v) is 12.7. The number of nitrogens with zero attached hydrogens (tertiary/aromatic N) is 2. The van der Waals surface area contributed by atoms with Crippen LogP contribution in [0.3, 0.4) is 0 Å². The van der Waals surface area contributed by atoms with Crippen molar-refractivity contribution in [3.8, 4) is 10.4 Å². The number of Topliss-reactive ketones (excluding diaryl/α,β-unsaturated/α-hetero) is 1. The zero-order chi connectivity index (χ0) is 27.0. The molecule has 2 aromatic heterocycles. The highest BCUT2D eigenvalue weighted by Crippen LogP contribution is 2.33. The Morgan fingerprint density at radius 2 is 1.84 bits per heavy atom. The minimum Gasteiger partial charge on any atom is -0.340 e. The van der Waals surface area contributed by atoms with Crippen molar-refractivity contribution >= 4 is 57.8 Å². The van der Waals surface area contributed by atoms with Crippen LogP contribution in [-0.2, 0) is 9.59 Å². The summed E-state index contributed by atoms with van der Waals surface area (Å²) < 4.78 is 0.507. The van der Waals surface area contributed by atoms with Crippen molar-refractivity contribution in [3.05, 3.63) is 68.7 Å². The van der Waals surface area contributed by atoms with Gasteiger partial charge in [0.15, 0.2) is 5.78 Å². The Morgan fingerprint density at radius 3 is 2.47 bits per heavy atom. The number of carbonyl (C=O) groups excluding carboxylic acids is 4. The third-order valence-electron chi connectivity index (χ3n) is 7.01. The van der Waals surface area contributed by atoms with E-state index in [9.17, 15) is 19.2 Å². The van der Waals surface area contributed by atoms with Crippen LogP contribution in [0.4, 0.5) is 0 Å². The van der Waals surface area contributed by atoms with Crippen LogP contribution in [0.5, 0.6) is 0 Å². The van der Waals surface area contributed by atoms with E-state index in [0.29, 0.717) is 34.2 Å². The van der Waals surface area contributed by atoms with Crippen molar-refractivity contribution in [2.24, 2.45) is 5.92 Å². The molecule has 1 aromatic carbocycles. The van der Waals surface area contributed by atoms with Gasteiger partial charge in [0.05, 0.1) is 21.8 Å². The molecule has 4 heterocycles. The van der Waals surface area contributed by atoms with E-state index in [1.165, 1.54) is 11.3 Å². The Balaban J connectivity index is 1.30. The number of carbonyl (C=O) groups is 4. The molecule has 2 fully saturated rings. The first kappa shape index (κ1) is 26.6. The lowest BCUT2D eigenvalue weighted by Gasteiger charge is -2.29. The van der Waals surface area contributed by atoms with Gasteiger partial charge in [-0.25, -0.2) is 0 Å². The molecule has 10 heteroatoms. The molecule has 5 rings (SSSR count). The average Bonchev–Trinajstić information content (AvgIpc) is 3.69. The topological polar surface area (TPSA) is 86.8 Å². The number of benzene rings is 1. The highest BCUT2D eigenvalue weighted by atomic mass is 35.5. The molecule has 0 saturated carbocycles. The number of fused-ring (bicyclic) bond motifs is 1. The van der Waals surface area contributed by atoms with Gasteiger partial charge in [0, 0.05) is 17.0 Å². The molecule has 3 aromatic rings. The van der Waals surface area contributed by atoms with E-state index >= 15 is 0 Å². The third kappa shape index (κ3) is 5.28. The molecule has 3 unspecified atom stereocenters. The predicted octanol–water partition coefficient (Wildman–Crippen LogP) is 4.97. The summed E-state index contributed by atoms with van der Waals surface area (Å²) in [6.07, 6.45) is 0.954. The molecule has 2 aliphatic heterocycles. The van der Waals surface area contributed by atoms with Gasteiger partial charge >= 0.3 is 0 Å². The summed E-state index contributed by atoms with van der Waals surface area (Å²) in [7, 11) is 0. The fourth-order valence-corrected chi connectivity index (χ4v) is 7.01. The monoisotopic (exact) mass is 569 g/mol. The quantitative estimate of drug-likeness (QED) is 0.435. The summed E-state index contributed by atoms with van der Waals surface area (Å²) in [6.45, 7) is 4.30. The number of ketones is 1. The van der Waals surface area contributed by atoms with Crippen LogP contribution in [0.1, 0.15) is 46.7 Å². The second kappa shape index (κ2) is 11.0. The van der Waals surface area contributed by atoms with Gasteiger partial charge in [0.25, 0.3) is 11.8 Å². The highest BCUT2D eigenvalue weighted by Gasteiger charge is 2.52. The number of thiophene rings is 2. The lowest BCUT2D eigenvalue weighted by molar-refractivity contribution is -0.138. The lowest BCUT2D eigenvalue weighted by Crippen LogP contribution is -2.53. The van der Waals surface area contributed by atoms with Crippen LogP contribution >= 0.6 is 34.3 Å². The van der Waals surface area contributed by atoms with Crippen molar-refractivity contribution in [1.29, 1.82) is 0 Å². The van der Waals surface area contributed by atoms with Crippen molar-refractivity contribution < 1.29 is 19.2 Å². The molecule has 0 aliphatic carbocycles. The molecule has 198 valence electrons. The van der Waals surface area contributed by atoms with Gasteiger partial charge in [0.2, 0.25) is 5.91 Å². The van der Waals surface area contributed by atoms with E-state index in [1.807, 2.05) is 43.5 Å². The molecule has 7 nitrogen and oxygen atoms in total. The number of likely N-dealkylation sites (tertiary alicyclic amines) is 2. The number of rotatable bonds is 7. The minimum atomic E-state index is -0.771. The molecule has 0 spiro atoms. The summed E-state index contributed by atoms with van der Waals surface area (Å²) in [5.74, 6) is -0.867. The number of amides is 3. The van der Waals surface area contributed by atoms with Crippen LogP contribution < -0.4 is 5.32 Å². The van der Waals surface area contributed by atoms with Gasteiger partial charge in [-0.05, 0) is 60.0 Å². The molecular formula is C28H28ClN3O4S2. The first-order valence-corrected chi connectivity index (χ1v) is 14.6. The van der Waals surface area contributed by atoms with Gasteiger partial charge in [0.1, 0.15) is 12.1 Å². The zero-order valence-electron chi connectivity index (χ0n) is 21.1. The molecule has 2 aliphatic rings. The van der Waals surface area contributed by atoms with Crippen LogP contribution in [0.15, 0.2) is 53.9 Å². The normalized spacial score (nSPS) is 19.6. The number of hydrogen-bond donors (Lipinski definition) is 1. The fraction of sp³-hybridized carbons (Fsp3) is 0.357. The van der Waals surface area contributed by atoms with E-state index in [-0.39, 0.29) is 42.0 Å². The van der Waals surface area contributed by atoms with E-state index in [4.69, 9.17) is 11.6 Å². The van der Waals surface area contributed by atoms with Gasteiger partial charge < -0.3 is 15.1 Å². The molecule has 3 amide bonds. The summed E-state index contributed by atoms with van der Waals surface area (Å²) in [5.41, 5.74) is 1.49. The molecule has 0 radical (unpaired) electrons. The van der Waals surface area contributed by atoms with Crippen LogP contribution in [0, 0.1) is 5.92 Å². The lowest BCUT2D eigenvalue weighted by atomic mass is 10.0. The molecule has 0 bridgehead atoms. The maximum Gasteiger partial charge on any atom is 0.264 e. The predicted molar refractivity (Wildman–Crippen MR) is 150 cm³/mol. The zero-order valence-corrected chi connectivity index (χ0v) is 23.4. The van der Waals surface area contributed by atoms with Crippen LogP contribution in [0.25, 0.3) is 10.4 Å². The first-order chi connectivity index (χ1) is 18.2. The van der Waals surface area contributed by atoms with Crippen molar-refractivity contribution in [2.45, 2.75) is 44.8 Å². The average molecular weight is 570 g/mol. The van der Waals surface area contributed by atoms with E-state index in [2.05, 4.69) is 5.32 Å². The summed E-state index contributed by atoms with van der Waals surface area (Å²) in [4.78, 5) is 57.7. The molecule has 3 atom stereocenters. The summed E-state index contributed by atoms with van der Waals surface area (Å²) in [5, 5.41) is 4.92. The van der Waals surface area contributed by atoms with Crippen LogP contribution in [0.2, 0.25) is 4.34 Å². The third-order valence-corrected chi connectivity index (χ3v) is 9.15. The Labute approximate surface area is 234 Å². The highest BCUT2D eigenvalue weighted by molar-refractivity contribution is 7.18.